The van der Waals surface area contributed by atoms with Crippen molar-refractivity contribution in [2.75, 3.05) is 18.9 Å². The number of aromatic amines is 1. The van der Waals surface area contributed by atoms with Gasteiger partial charge in [-0.2, -0.15) is 5.10 Å². The summed E-state index contributed by atoms with van der Waals surface area (Å²) in [5.41, 5.74) is 7.42. The molecule has 0 saturated carbocycles. The number of amides is 1. The Labute approximate surface area is 136 Å². The SMILES string of the molecule is CC1=C(C(=O)Nc2ccc3[nH]ncc3c2F)CN2NNN=C2N1C. The first-order chi connectivity index (χ1) is 11.6. The lowest BCUT2D eigenvalue weighted by atomic mass is 10.1. The van der Waals surface area contributed by atoms with Crippen LogP contribution in [0.1, 0.15) is 6.92 Å². The molecule has 2 aliphatic heterocycles. The standard InChI is InChI=1S/C14H15FN8O/c1-7-9(6-23-14(22(7)2)19-20-21-23)13(24)17-11-4-3-10-8(12(11)15)5-16-18-10/h3-5,20-21H,6H2,1-2H3,(H,16,18)(H,17,24). The number of nitrogens with zero attached hydrogens (tertiary/aromatic N) is 4. The summed E-state index contributed by atoms with van der Waals surface area (Å²) in [4.78, 5) is 14.4. The van der Waals surface area contributed by atoms with Crippen molar-refractivity contribution in [1.82, 2.24) is 31.2 Å². The average Bonchev–Trinajstić information content (AvgIpc) is 3.22. The van der Waals surface area contributed by atoms with Crippen LogP contribution in [0.3, 0.4) is 0 Å². The maximum absolute atomic E-state index is 14.5. The fourth-order valence-corrected chi connectivity index (χ4v) is 2.75. The lowest BCUT2D eigenvalue weighted by molar-refractivity contribution is -0.113. The molecule has 2 aromatic rings. The predicted molar refractivity (Wildman–Crippen MR) is 85.6 cm³/mol. The number of aromatic nitrogens is 2. The van der Waals surface area contributed by atoms with Crippen LogP contribution in [0, 0.1) is 5.82 Å². The van der Waals surface area contributed by atoms with Crippen molar-refractivity contribution in [3.05, 3.63) is 35.4 Å². The number of fused-ring (bicyclic) bond motifs is 2. The number of carbonyl (C=O) groups is 1. The third kappa shape index (κ3) is 2.07. The number of hydrazone groups is 1. The number of halogens is 1. The van der Waals surface area contributed by atoms with Crippen LogP contribution in [0.5, 0.6) is 0 Å². The largest absolute Gasteiger partial charge is 0.320 e. The molecule has 0 saturated heterocycles. The summed E-state index contributed by atoms with van der Waals surface area (Å²) in [5.74, 6) is -0.218. The first kappa shape index (κ1) is 14.5. The molecule has 124 valence electrons. The molecular formula is C14H15FN8O. The number of hydrogen-bond acceptors (Lipinski definition) is 7. The first-order valence-corrected chi connectivity index (χ1v) is 7.28. The normalized spacial score (nSPS) is 17.0. The van der Waals surface area contributed by atoms with Gasteiger partial charge in [0.15, 0.2) is 5.82 Å². The van der Waals surface area contributed by atoms with E-state index in [0.717, 1.165) is 5.70 Å². The Bertz CT molecular complexity index is 901. The van der Waals surface area contributed by atoms with Crippen LogP contribution < -0.4 is 16.4 Å². The molecule has 1 amide bonds. The molecule has 0 radical (unpaired) electrons. The Hall–Kier alpha value is -3.14. The van der Waals surface area contributed by atoms with Crippen molar-refractivity contribution in [3.8, 4) is 0 Å². The molecule has 24 heavy (non-hydrogen) atoms. The van der Waals surface area contributed by atoms with E-state index >= 15 is 0 Å². The summed E-state index contributed by atoms with van der Waals surface area (Å²) in [6, 6.07) is 3.19. The van der Waals surface area contributed by atoms with E-state index in [1.807, 2.05) is 6.92 Å². The van der Waals surface area contributed by atoms with Gasteiger partial charge in [-0.05, 0) is 19.1 Å². The van der Waals surface area contributed by atoms with Crippen molar-refractivity contribution in [1.29, 1.82) is 0 Å². The Kier molecular flexibility index (Phi) is 3.13. The van der Waals surface area contributed by atoms with E-state index < -0.39 is 5.82 Å². The average molecular weight is 330 g/mol. The zero-order valence-corrected chi connectivity index (χ0v) is 13.0. The molecule has 10 heteroatoms. The Morgan fingerprint density at radius 3 is 3.08 bits per heavy atom. The maximum atomic E-state index is 14.5. The minimum atomic E-state index is -0.514. The van der Waals surface area contributed by atoms with Gasteiger partial charge in [-0.3, -0.25) is 14.9 Å². The Morgan fingerprint density at radius 1 is 1.42 bits per heavy atom. The van der Waals surface area contributed by atoms with Crippen molar-refractivity contribution in [2.45, 2.75) is 6.92 Å². The van der Waals surface area contributed by atoms with Gasteiger partial charge in [0, 0.05) is 12.7 Å². The van der Waals surface area contributed by atoms with E-state index in [1.54, 1.807) is 23.0 Å². The molecule has 0 atom stereocenters. The van der Waals surface area contributed by atoms with Crippen molar-refractivity contribution in [3.63, 3.8) is 0 Å². The quantitative estimate of drug-likeness (QED) is 0.638. The van der Waals surface area contributed by atoms with E-state index in [2.05, 4.69) is 31.7 Å². The minimum Gasteiger partial charge on any atom is -0.320 e. The number of anilines is 1. The Morgan fingerprint density at radius 2 is 2.25 bits per heavy atom. The number of nitrogens with one attached hydrogen (secondary N) is 4. The van der Waals surface area contributed by atoms with E-state index in [-0.39, 0.29) is 11.6 Å². The third-order valence-corrected chi connectivity index (χ3v) is 4.22. The van der Waals surface area contributed by atoms with Crippen LogP contribution in [0.2, 0.25) is 0 Å². The molecule has 9 nitrogen and oxygen atoms in total. The molecule has 2 aliphatic rings. The van der Waals surface area contributed by atoms with Gasteiger partial charge >= 0.3 is 0 Å². The molecule has 0 bridgehead atoms. The third-order valence-electron chi connectivity index (χ3n) is 4.22. The molecule has 0 unspecified atom stereocenters. The number of hydrogen-bond donors (Lipinski definition) is 4. The van der Waals surface area contributed by atoms with Crippen molar-refractivity contribution >= 4 is 28.5 Å². The monoisotopic (exact) mass is 330 g/mol. The number of H-pyrrole nitrogens is 1. The summed E-state index contributed by atoms with van der Waals surface area (Å²) < 4.78 is 14.5. The Balaban J connectivity index is 1.63. The van der Waals surface area contributed by atoms with Crippen LogP contribution >= 0.6 is 0 Å². The number of guanidine groups is 1. The van der Waals surface area contributed by atoms with Crippen LogP contribution in [0.15, 0.2) is 34.7 Å². The van der Waals surface area contributed by atoms with Crippen LogP contribution in [0.25, 0.3) is 10.9 Å². The zero-order valence-electron chi connectivity index (χ0n) is 13.0. The van der Waals surface area contributed by atoms with Gasteiger partial charge in [0.25, 0.3) is 5.91 Å². The highest BCUT2D eigenvalue weighted by atomic mass is 19.1. The summed E-state index contributed by atoms with van der Waals surface area (Å²) in [6.07, 6.45) is 1.39. The van der Waals surface area contributed by atoms with Gasteiger partial charge < -0.3 is 10.2 Å². The zero-order chi connectivity index (χ0) is 16.8. The maximum Gasteiger partial charge on any atom is 0.255 e. The van der Waals surface area contributed by atoms with Crippen LogP contribution in [0.4, 0.5) is 10.1 Å². The van der Waals surface area contributed by atoms with Gasteiger partial charge in [0.1, 0.15) is 0 Å². The summed E-state index contributed by atoms with van der Waals surface area (Å²) in [7, 11) is 1.81. The molecule has 0 aliphatic carbocycles. The van der Waals surface area contributed by atoms with Crippen molar-refractivity contribution in [2.24, 2.45) is 5.10 Å². The fourth-order valence-electron chi connectivity index (χ4n) is 2.75. The van der Waals surface area contributed by atoms with Gasteiger partial charge in [0.2, 0.25) is 5.96 Å². The molecule has 1 aromatic carbocycles. The van der Waals surface area contributed by atoms with Crippen molar-refractivity contribution < 1.29 is 9.18 Å². The van der Waals surface area contributed by atoms with Gasteiger partial charge in [0.05, 0.1) is 34.9 Å². The van der Waals surface area contributed by atoms with Gasteiger partial charge in [-0.15, -0.1) is 10.6 Å². The highest BCUT2D eigenvalue weighted by Crippen LogP contribution is 2.25. The fraction of sp³-hybridized carbons (Fsp3) is 0.214. The van der Waals surface area contributed by atoms with Gasteiger partial charge in [-0.25, -0.2) is 9.93 Å². The molecule has 0 fully saturated rings. The van der Waals surface area contributed by atoms with E-state index in [4.69, 9.17) is 0 Å². The smallest absolute Gasteiger partial charge is 0.255 e. The number of allylic oxidation sites excluding steroid dienone is 1. The molecular weight excluding hydrogens is 315 g/mol. The summed E-state index contributed by atoms with van der Waals surface area (Å²) >= 11 is 0. The second-order valence-corrected chi connectivity index (χ2v) is 5.56. The molecule has 3 heterocycles. The summed E-state index contributed by atoms with van der Waals surface area (Å²) in [6.45, 7) is 2.13. The van der Waals surface area contributed by atoms with Gasteiger partial charge in [-0.1, -0.05) is 0 Å². The van der Waals surface area contributed by atoms with Crippen LogP contribution in [-0.4, -0.2) is 45.6 Å². The minimum absolute atomic E-state index is 0.115. The molecule has 1 aromatic heterocycles. The lowest BCUT2D eigenvalue weighted by Gasteiger charge is -2.33. The second-order valence-electron chi connectivity index (χ2n) is 5.56. The number of benzene rings is 1. The molecule has 4 rings (SSSR count). The van der Waals surface area contributed by atoms with E-state index in [9.17, 15) is 9.18 Å². The lowest BCUT2D eigenvalue weighted by Crippen LogP contribution is -2.52. The molecule has 0 spiro atoms. The topological polar surface area (TPSA) is 101 Å². The number of carbonyl (C=O) groups excluding carboxylic acids is 1. The predicted octanol–water partition coefficient (Wildman–Crippen LogP) is 0.456. The van der Waals surface area contributed by atoms with E-state index in [0.29, 0.717) is 29.0 Å². The number of rotatable bonds is 2. The highest BCUT2D eigenvalue weighted by molar-refractivity contribution is 6.07. The number of hydrazine groups is 2. The first-order valence-electron chi connectivity index (χ1n) is 7.28. The van der Waals surface area contributed by atoms with Crippen LogP contribution in [-0.2, 0) is 4.79 Å². The highest BCUT2D eigenvalue weighted by Gasteiger charge is 2.32. The second kappa shape index (κ2) is 5.20. The molecule has 4 N–H and O–H groups in total. The van der Waals surface area contributed by atoms with E-state index in [1.165, 1.54) is 12.3 Å². The summed E-state index contributed by atoms with van der Waals surface area (Å²) in [5, 5.41) is 15.2.